The third kappa shape index (κ3) is 3.07. The van der Waals surface area contributed by atoms with Crippen LogP contribution in [0.25, 0.3) is 0 Å². The molecule has 0 aromatic heterocycles. The maximum absolute atomic E-state index is 11.6. The van der Waals surface area contributed by atoms with Gasteiger partial charge in [-0.1, -0.05) is 30.3 Å². The summed E-state index contributed by atoms with van der Waals surface area (Å²) in [6, 6.07) is 10.2. The molecule has 1 N–H and O–H groups in total. The predicted octanol–water partition coefficient (Wildman–Crippen LogP) is 1.38. The van der Waals surface area contributed by atoms with Gasteiger partial charge in [0.05, 0.1) is 12.5 Å². The maximum Gasteiger partial charge on any atom is 0.225 e. The molecule has 1 aliphatic rings. The Kier molecular flexibility index (Phi) is 3.94. The zero-order chi connectivity index (χ0) is 11.2. The molecule has 1 heterocycles. The Hall–Kier alpha value is -1.35. The quantitative estimate of drug-likeness (QED) is 0.831. The molecule has 1 aromatic carbocycles. The first kappa shape index (κ1) is 11.1. The molecule has 1 unspecified atom stereocenters. The fraction of sp³-hybridized carbons (Fsp3) is 0.462. The lowest BCUT2D eigenvalue weighted by molar-refractivity contribution is -0.124. The first-order valence-electron chi connectivity index (χ1n) is 5.75. The van der Waals surface area contributed by atoms with Gasteiger partial charge in [0.2, 0.25) is 5.91 Å². The van der Waals surface area contributed by atoms with E-state index in [1.54, 1.807) is 0 Å². The van der Waals surface area contributed by atoms with Crippen LogP contribution >= 0.6 is 0 Å². The molecule has 1 aliphatic heterocycles. The van der Waals surface area contributed by atoms with Crippen molar-refractivity contribution in [1.82, 2.24) is 5.32 Å². The van der Waals surface area contributed by atoms with Gasteiger partial charge in [-0.25, -0.2) is 0 Å². The van der Waals surface area contributed by atoms with E-state index < -0.39 is 0 Å². The zero-order valence-corrected chi connectivity index (χ0v) is 9.32. The third-order valence-corrected chi connectivity index (χ3v) is 2.86. The SMILES string of the molecule is O=C(NCCc1ccccc1)C1CCOC1. The van der Waals surface area contributed by atoms with E-state index in [0.717, 1.165) is 19.4 Å². The van der Waals surface area contributed by atoms with E-state index >= 15 is 0 Å². The van der Waals surface area contributed by atoms with E-state index in [1.165, 1.54) is 5.56 Å². The molecule has 0 aliphatic carbocycles. The van der Waals surface area contributed by atoms with Gasteiger partial charge in [-0.15, -0.1) is 0 Å². The third-order valence-electron chi connectivity index (χ3n) is 2.86. The molecule has 1 aromatic rings. The number of rotatable bonds is 4. The summed E-state index contributed by atoms with van der Waals surface area (Å²) in [6.45, 7) is 2.01. The molecule has 1 amide bonds. The van der Waals surface area contributed by atoms with Gasteiger partial charge in [0.15, 0.2) is 0 Å². The van der Waals surface area contributed by atoms with Crippen molar-refractivity contribution in [1.29, 1.82) is 0 Å². The van der Waals surface area contributed by atoms with E-state index in [2.05, 4.69) is 17.4 Å². The number of ether oxygens (including phenoxy) is 1. The summed E-state index contributed by atoms with van der Waals surface area (Å²) in [7, 11) is 0. The summed E-state index contributed by atoms with van der Waals surface area (Å²) < 4.78 is 5.18. The lowest BCUT2D eigenvalue weighted by Gasteiger charge is -2.08. The van der Waals surface area contributed by atoms with Crippen LogP contribution in [0.3, 0.4) is 0 Å². The Morgan fingerprint density at radius 2 is 2.19 bits per heavy atom. The molecule has 1 atom stereocenters. The second kappa shape index (κ2) is 5.66. The largest absolute Gasteiger partial charge is 0.381 e. The van der Waals surface area contributed by atoms with Crippen molar-refractivity contribution < 1.29 is 9.53 Å². The Morgan fingerprint density at radius 1 is 1.38 bits per heavy atom. The zero-order valence-electron chi connectivity index (χ0n) is 9.32. The van der Waals surface area contributed by atoms with E-state index in [0.29, 0.717) is 13.2 Å². The fourth-order valence-electron chi connectivity index (χ4n) is 1.86. The van der Waals surface area contributed by atoms with Crippen LogP contribution in [0, 0.1) is 5.92 Å². The highest BCUT2D eigenvalue weighted by atomic mass is 16.5. The molecular weight excluding hydrogens is 202 g/mol. The highest BCUT2D eigenvalue weighted by Gasteiger charge is 2.22. The maximum atomic E-state index is 11.6. The highest BCUT2D eigenvalue weighted by Crippen LogP contribution is 2.11. The van der Waals surface area contributed by atoms with Crippen LogP contribution in [0.1, 0.15) is 12.0 Å². The fourth-order valence-corrected chi connectivity index (χ4v) is 1.86. The van der Waals surface area contributed by atoms with Gasteiger partial charge >= 0.3 is 0 Å². The second-order valence-corrected chi connectivity index (χ2v) is 4.09. The van der Waals surface area contributed by atoms with Crippen molar-refractivity contribution >= 4 is 5.91 Å². The summed E-state index contributed by atoms with van der Waals surface area (Å²) in [6.07, 6.45) is 1.75. The average Bonchev–Trinajstić information content (AvgIpc) is 2.84. The van der Waals surface area contributed by atoms with Crippen LogP contribution in [0.5, 0.6) is 0 Å². The molecule has 3 nitrogen and oxygen atoms in total. The van der Waals surface area contributed by atoms with Crippen molar-refractivity contribution in [3.63, 3.8) is 0 Å². The second-order valence-electron chi connectivity index (χ2n) is 4.09. The van der Waals surface area contributed by atoms with E-state index in [9.17, 15) is 4.79 Å². The predicted molar refractivity (Wildman–Crippen MR) is 62.1 cm³/mol. The number of hydrogen-bond acceptors (Lipinski definition) is 2. The monoisotopic (exact) mass is 219 g/mol. The Morgan fingerprint density at radius 3 is 2.88 bits per heavy atom. The van der Waals surface area contributed by atoms with Gasteiger partial charge in [-0.3, -0.25) is 4.79 Å². The minimum absolute atomic E-state index is 0.0655. The molecule has 0 spiro atoms. The average molecular weight is 219 g/mol. The van der Waals surface area contributed by atoms with E-state index in [4.69, 9.17) is 4.74 Å². The Bertz CT molecular complexity index is 331. The van der Waals surface area contributed by atoms with Crippen LogP contribution in [0.2, 0.25) is 0 Å². The lowest BCUT2D eigenvalue weighted by Crippen LogP contribution is -2.32. The number of amides is 1. The van der Waals surface area contributed by atoms with Gasteiger partial charge < -0.3 is 10.1 Å². The summed E-state index contributed by atoms with van der Waals surface area (Å²) >= 11 is 0. The molecule has 0 radical (unpaired) electrons. The molecule has 86 valence electrons. The molecule has 2 rings (SSSR count). The van der Waals surface area contributed by atoms with Crippen LogP contribution in [-0.4, -0.2) is 25.7 Å². The highest BCUT2D eigenvalue weighted by molar-refractivity contribution is 5.78. The minimum Gasteiger partial charge on any atom is -0.381 e. The smallest absolute Gasteiger partial charge is 0.225 e. The number of carbonyl (C=O) groups excluding carboxylic acids is 1. The molecule has 1 saturated heterocycles. The summed E-state index contributed by atoms with van der Waals surface area (Å²) in [4.78, 5) is 11.6. The van der Waals surface area contributed by atoms with Crippen molar-refractivity contribution in [2.24, 2.45) is 5.92 Å². The van der Waals surface area contributed by atoms with Gasteiger partial charge in [0.1, 0.15) is 0 Å². The van der Waals surface area contributed by atoms with Gasteiger partial charge in [0, 0.05) is 13.2 Å². The Labute approximate surface area is 95.8 Å². The lowest BCUT2D eigenvalue weighted by atomic mass is 10.1. The number of carbonyl (C=O) groups is 1. The van der Waals surface area contributed by atoms with Crippen LogP contribution < -0.4 is 5.32 Å². The first-order valence-corrected chi connectivity index (χ1v) is 5.75. The first-order chi connectivity index (χ1) is 7.86. The summed E-state index contributed by atoms with van der Waals surface area (Å²) in [5, 5.41) is 2.95. The molecule has 16 heavy (non-hydrogen) atoms. The summed E-state index contributed by atoms with van der Waals surface area (Å²) in [5.41, 5.74) is 1.26. The number of benzene rings is 1. The molecular formula is C13H17NO2. The molecule has 3 heteroatoms. The normalized spacial score (nSPS) is 19.6. The van der Waals surface area contributed by atoms with Gasteiger partial charge in [-0.2, -0.15) is 0 Å². The van der Waals surface area contributed by atoms with Crippen molar-refractivity contribution in [3.05, 3.63) is 35.9 Å². The Balaban J connectivity index is 1.70. The molecule has 1 fully saturated rings. The minimum atomic E-state index is 0.0655. The standard InChI is InChI=1S/C13H17NO2/c15-13(12-7-9-16-10-12)14-8-6-11-4-2-1-3-5-11/h1-5,12H,6-10H2,(H,14,15). The van der Waals surface area contributed by atoms with Crippen LogP contribution in [0.15, 0.2) is 30.3 Å². The van der Waals surface area contributed by atoms with Crippen molar-refractivity contribution in [3.8, 4) is 0 Å². The van der Waals surface area contributed by atoms with Crippen molar-refractivity contribution in [2.45, 2.75) is 12.8 Å². The molecule has 0 bridgehead atoms. The van der Waals surface area contributed by atoms with E-state index in [1.807, 2.05) is 18.2 Å². The van der Waals surface area contributed by atoms with Crippen LogP contribution in [-0.2, 0) is 16.0 Å². The number of hydrogen-bond donors (Lipinski definition) is 1. The topological polar surface area (TPSA) is 38.3 Å². The number of nitrogens with one attached hydrogen (secondary N) is 1. The van der Waals surface area contributed by atoms with Gasteiger partial charge in [-0.05, 0) is 18.4 Å². The van der Waals surface area contributed by atoms with E-state index in [-0.39, 0.29) is 11.8 Å². The summed E-state index contributed by atoms with van der Waals surface area (Å²) in [5.74, 6) is 0.198. The van der Waals surface area contributed by atoms with Gasteiger partial charge in [0.25, 0.3) is 0 Å². The van der Waals surface area contributed by atoms with Crippen LogP contribution in [0.4, 0.5) is 0 Å². The van der Waals surface area contributed by atoms with Crippen molar-refractivity contribution in [2.75, 3.05) is 19.8 Å². The molecule has 0 saturated carbocycles.